The fourth-order valence-corrected chi connectivity index (χ4v) is 1.55. The number of nitrogens with zero attached hydrogens (tertiary/aromatic N) is 1. The number of esters is 1. The monoisotopic (exact) mass is 269 g/mol. The van der Waals surface area contributed by atoms with E-state index in [4.69, 9.17) is 4.74 Å². The van der Waals surface area contributed by atoms with Gasteiger partial charge in [0.05, 0.1) is 7.11 Å². The molecule has 7 heteroatoms. The van der Waals surface area contributed by atoms with Gasteiger partial charge in [0.1, 0.15) is 6.61 Å². The molecule has 0 radical (unpaired) electrons. The Labute approximate surface area is 105 Å². The molecule has 6 nitrogen and oxygen atoms in total. The number of hydrogen-bond acceptors (Lipinski definition) is 6. The van der Waals surface area contributed by atoms with Crippen LogP contribution in [-0.2, 0) is 20.9 Å². The average molecular weight is 269 g/mol. The van der Waals surface area contributed by atoms with Gasteiger partial charge in [-0.2, -0.15) is 4.79 Å². The zero-order valence-corrected chi connectivity index (χ0v) is 10.6. The van der Waals surface area contributed by atoms with Crippen molar-refractivity contribution >= 4 is 19.6 Å². The van der Waals surface area contributed by atoms with Crippen LogP contribution < -0.4 is 4.89 Å². The smallest absolute Gasteiger partial charge is 0.530 e. The molecule has 0 N–H and O–H groups in total. The molecule has 0 heterocycles. The van der Waals surface area contributed by atoms with Gasteiger partial charge in [0.15, 0.2) is 6.54 Å². The lowest BCUT2D eigenvalue weighted by Gasteiger charge is -2.00. The summed E-state index contributed by atoms with van der Waals surface area (Å²) in [6.07, 6.45) is 0. The first-order chi connectivity index (χ1) is 8.63. The van der Waals surface area contributed by atoms with E-state index in [2.05, 4.69) is 9.48 Å². The van der Waals surface area contributed by atoms with Crippen molar-refractivity contribution in [1.29, 1.82) is 0 Å². The third-order valence-electron chi connectivity index (χ3n) is 1.92. The number of methoxy groups -OCH3 is 1. The molecule has 0 amide bonds. The van der Waals surface area contributed by atoms with E-state index in [1.807, 2.05) is 6.07 Å². The van der Waals surface area contributed by atoms with E-state index in [-0.39, 0.29) is 6.61 Å². The van der Waals surface area contributed by atoms with E-state index >= 15 is 0 Å². The van der Waals surface area contributed by atoms with Crippen LogP contribution in [0, 0.1) is 0 Å². The van der Waals surface area contributed by atoms with Gasteiger partial charge in [-0.1, -0.05) is 35.1 Å². The highest BCUT2D eigenvalue weighted by Gasteiger charge is 2.17. The van der Waals surface area contributed by atoms with Crippen molar-refractivity contribution in [2.24, 2.45) is 4.74 Å². The van der Waals surface area contributed by atoms with Crippen LogP contribution in [0.3, 0.4) is 0 Å². The molecule has 0 fully saturated rings. The van der Waals surface area contributed by atoms with Crippen molar-refractivity contribution < 1.29 is 24.0 Å². The maximum absolute atomic E-state index is 11.3. The first-order valence-electron chi connectivity index (χ1n) is 5.05. The lowest BCUT2D eigenvalue weighted by Crippen LogP contribution is -2.08. The molecule has 1 aromatic carbocycles. The first-order valence-corrected chi connectivity index (χ1v) is 6.27. The molecule has 1 unspecified atom stereocenters. The molecule has 96 valence electrons. The quantitative estimate of drug-likeness (QED) is 0.596. The molecule has 1 aromatic rings. The van der Waals surface area contributed by atoms with Crippen LogP contribution >= 0.6 is 7.94 Å². The molecule has 0 aliphatic heterocycles. The van der Waals surface area contributed by atoms with Gasteiger partial charge in [-0.15, -0.1) is 0 Å². The summed E-state index contributed by atoms with van der Waals surface area (Å²) in [5.74, 6) is -0.658. The molecule has 0 aliphatic carbocycles. The zero-order chi connectivity index (χ0) is 13.4. The Morgan fingerprint density at radius 1 is 1.33 bits per heavy atom. The molecule has 0 aliphatic rings. The fourth-order valence-electron chi connectivity index (χ4n) is 1.02. The van der Waals surface area contributed by atoms with Gasteiger partial charge in [0.25, 0.3) is 7.94 Å². The van der Waals surface area contributed by atoms with Crippen LogP contribution in [0.15, 0.2) is 35.1 Å². The summed E-state index contributed by atoms with van der Waals surface area (Å²) >= 11 is 0. The summed E-state index contributed by atoms with van der Waals surface area (Å²) in [5.41, 5.74) is -0.167. The number of carbonyl (C=O) groups excluding carboxylic acids is 2. The number of benzene rings is 1. The van der Waals surface area contributed by atoms with Crippen LogP contribution in [0.2, 0.25) is 0 Å². The molecular weight excluding hydrogens is 257 g/mol. The van der Waals surface area contributed by atoms with Gasteiger partial charge >= 0.3 is 11.7 Å². The zero-order valence-electron chi connectivity index (χ0n) is 9.74. The Balaban J connectivity index is 2.43. The number of carbonyl (C=O) groups is 2. The Kier molecular flexibility index (Phi) is 5.97. The van der Waals surface area contributed by atoms with Gasteiger partial charge in [-0.25, -0.2) is 4.79 Å². The Hall–Kier alpha value is -1.78. The second kappa shape index (κ2) is 7.53. The number of rotatable bonds is 5. The van der Waals surface area contributed by atoms with Gasteiger partial charge in [-0.05, 0) is 5.56 Å². The Morgan fingerprint density at radius 2 is 2.00 bits per heavy atom. The molecule has 0 bridgehead atoms. The Morgan fingerprint density at radius 3 is 2.61 bits per heavy atom. The van der Waals surface area contributed by atoms with Crippen molar-refractivity contribution in [2.45, 2.75) is 6.61 Å². The number of ether oxygens (including phenoxy) is 2. The Bertz CT molecular complexity index is 446. The lowest BCUT2D eigenvalue weighted by molar-refractivity contribution is -0.154. The van der Waals surface area contributed by atoms with Crippen molar-refractivity contribution in [3.05, 3.63) is 35.9 Å². The van der Waals surface area contributed by atoms with Crippen LogP contribution in [0.5, 0.6) is 0 Å². The van der Waals surface area contributed by atoms with Crippen molar-refractivity contribution in [3.8, 4) is 0 Å². The van der Waals surface area contributed by atoms with E-state index in [9.17, 15) is 14.5 Å². The molecule has 0 saturated heterocycles. The average Bonchev–Trinajstić information content (AvgIpc) is 2.42. The predicted molar refractivity (Wildman–Crippen MR) is 62.9 cm³/mol. The topological polar surface area (TPSA) is 88.0 Å². The van der Waals surface area contributed by atoms with Crippen molar-refractivity contribution in [1.82, 2.24) is 0 Å². The summed E-state index contributed by atoms with van der Waals surface area (Å²) < 4.78 is 12.5. The van der Waals surface area contributed by atoms with Crippen LogP contribution in [0.25, 0.3) is 0 Å². The van der Waals surface area contributed by atoms with Crippen molar-refractivity contribution in [3.63, 3.8) is 0 Å². The molecule has 0 aromatic heterocycles. The minimum absolute atomic E-state index is 0.0223. The molecule has 1 atom stereocenters. The van der Waals surface area contributed by atoms with E-state index < -0.39 is 26.2 Å². The minimum Gasteiger partial charge on any atom is -0.602 e. The van der Waals surface area contributed by atoms with Gasteiger partial charge in [0, 0.05) is 0 Å². The van der Waals surface area contributed by atoms with Gasteiger partial charge in [0.2, 0.25) is 0 Å². The summed E-state index contributed by atoms with van der Waals surface area (Å²) in [4.78, 5) is 33.3. The second-order valence-corrected chi connectivity index (χ2v) is 4.38. The minimum atomic E-state index is -2.56. The maximum atomic E-state index is 11.3. The van der Waals surface area contributed by atoms with Crippen molar-refractivity contribution in [2.75, 3.05) is 13.7 Å². The molecule has 0 spiro atoms. The maximum Gasteiger partial charge on any atom is 0.530 e. The molecule has 0 saturated carbocycles. The second-order valence-electron chi connectivity index (χ2n) is 3.19. The summed E-state index contributed by atoms with van der Waals surface area (Å²) in [5, 5.41) is 0. The summed E-state index contributed by atoms with van der Waals surface area (Å²) in [6.45, 7) is -0.402. The van der Waals surface area contributed by atoms with Crippen LogP contribution in [0.1, 0.15) is 5.56 Å². The molecule has 1 rings (SSSR count). The number of hydrogen-bond donors (Lipinski definition) is 0. The molecular formula is C11H12NO5P. The van der Waals surface area contributed by atoms with Crippen LogP contribution in [0.4, 0.5) is 4.79 Å². The first kappa shape index (κ1) is 14.3. The lowest BCUT2D eigenvalue weighted by atomic mass is 10.2. The third kappa shape index (κ3) is 5.03. The normalized spacial score (nSPS) is 10.9. The highest BCUT2D eigenvalue weighted by Crippen LogP contribution is 2.18. The fraction of sp³-hybridized carbons (Fsp3) is 0.273. The van der Waals surface area contributed by atoms with Gasteiger partial charge < -0.3 is 14.4 Å². The standard InChI is InChI=1S/C11H12NO5P/c1-16-10(13)7-12-18(15)11(14)17-8-9-5-3-2-4-6-9/h2-6H,7-8H2,1H3. The van der Waals surface area contributed by atoms with E-state index in [0.717, 1.165) is 5.56 Å². The third-order valence-corrected chi connectivity index (χ3v) is 2.76. The largest absolute Gasteiger partial charge is 0.602 e. The summed E-state index contributed by atoms with van der Waals surface area (Å²) in [6, 6.07) is 8.96. The SMILES string of the molecule is COC(=O)CN=[P+]([O-])C(=O)OCc1ccccc1. The highest BCUT2D eigenvalue weighted by molar-refractivity contribution is 7.58. The predicted octanol–water partition coefficient (Wildman–Crippen LogP) is 1.44. The van der Waals surface area contributed by atoms with E-state index in [1.165, 1.54) is 7.11 Å². The van der Waals surface area contributed by atoms with Gasteiger partial charge in [-0.3, -0.25) is 0 Å². The van der Waals surface area contributed by atoms with Crippen LogP contribution in [-0.4, -0.2) is 25.3 Å². The highest BCUT2D eigenvalue weighted by atomic mass is 31.1. The summed E-state index contributed by atoms with van der Waals surface area (Å²) in [7, 11) is -1.38. The van der Waals surface area contributed by atoms with E-state index in [0.29, 0.717) is 0 Å². The van der Waals surface area contributed by atoms with E-state index in [1.54, 1.807) is 24.3 Å². The molecule has 18 heavy (non-hydrogen) atoms.